The molecule has 0 bridgehead atoms. The number of rotatable bonds is 4. The number of nitrogens with two attached hydrogens (primary N) is 1. The Morgan fingerprint density at radius 3 is 2.88 bits per heavy atom. The molecule has 1 aromatic carbocycles. The Balaban J connectivity index is 2.29. The topological polar surface area (TPSA) is 63.9 Å². The van der Waals surface area contributed by atoms with Gasteiger partial charge >= 0.3 is 0 Å². The lowest BCUT2D eigenvalue weighted by molar-refractivity contribution is 0.412. The van der Waals surface area contributed by atoms with Gasteiger partial charge in [0.15, 0.2) is 0 Å². The summed E-state index contributed by atoms with van der Waals surface area (Å²) in [4.78, 5) is 0. The van der Waals surface area contributed by atoms with E-state index in [4.69, 9.17) is 10.5 Å². The maximum absolute atomic E-state index is 5.50. The summed E-state index contributed by atoms with van der Waals surface area (Å²) in [5.41, 5.74) is 8.50. The molecule has 0 aliphatic heterocycles. The molecule has 2 rings (SSSR count). The van der Waals surface area contributed by atoms with E-state index >= 15 is 0 Å². The maximum atomic E-state index is 5.50. The zero-order valence-electron chi connectivity index (χ0n) is 9.53. The zero-order chi connectivity index (χ0) is 12.3. The molecule has 5 heteroatoms. The van der Waals surface area contributed by atoms with Crippen LogP contribution in [0.4, 0.5) is 0 Å². The number of hydrogen-bond acceptors (Lipinski definition) is 3. The molecule has 0 aliphatic carbocycles. The first kappa shape index (κ1) is 12.1. The molecule has 1 aromatic heterocycles. The van der Waals surface area contributed by atoms with E-state index in [0.29, 0.717) is 6.54 Å². The van der Waals surface area contributed by atoms with Crippen LogP contribution in [0.5, 0.6) is 5.75 Å². The second kappa shape index (κ2) is 5.33. The molecule has 0 radical (unpaired) electrons. The van der Waals surface area contributed by atoms with Crippen molar-refractivity contribution in [2.75, 3.05) is 13.7 Å². The summed E-state index contributed by atoms with van der Waals surface area (Å²) in [6.45, 7) is 0.619. The van der Waals surface area contributed by atoms with Gasteiger partial charge in [-0.15, -0.1) is 0 Å². The maximum Gasteiger partial charge on any atom is 0.133 e. The van der Waals surface area contributed by atoms with Gasteiger partial charge in [0.05, 0.1) is 17.3 Å². The molecule has 0 atom stereocenters. The normalized spacial score (nSPS) is 10.5. The lowest BCUT2D eigenvalue weighted by atomic mass is 10.1. The van der Waals surface area contributed by atoms with Crippen LogP contribution in [-0.4, -0.2) is 23.9 Å². The van der Waals surface area contributed by atoms with Gasteiger partial charge in [0.1, 0.15) is 5.75 Å². The van der Waals surface area contributed by atoms with Crippen LogP contribution in [-0.2, 0) is 6.42 Å². The Kier molecular flexibility index (Phi) is 3.81. The number of halogens is 1. The van der Waals surface area contributed by atoms with E-state index in [2.05, 4.69) is 26.1 Å². The van der Waals surface area contributed by atoms with Crippen LogP contribution in [0.25, 0.3) is 11.3 Å². The van der Waals surface area contributed by atoms with Gasteiger partial charge in [-0.2, -0.15) is 5.10 Å². The molecule has 1 heterocycles. The van der Waals surface area contributed by atoms with Gasteiger partial charge in [0, 0.05) is 17.7 Å². The standard InChI is InChI=1S/C12H14BrN3O/c1-17-12-3-2-8(6-10(12)13)11-7-9(4-5-14)15-16-11/h2-3,6-7H,4-5,14H2,1H3,(H,15,16). The number of nitrogens with one attached hydrogen (secondary N) is 1. The van der Waals surface area contributed by atoms with Gasteiger partial charge in [0.25, 0.3) is 0 Å². The van der Waals surface area contributed by atoms with Gasteiger partial charge in [-0.05, 0) is 46.7 Å². The lowest BCUT2D eigenvalue weighted by Gasteiger charge is -2.04. The van der Waals surface area contributed by atoms with Crippen LogP contribution in [0.2, 0.25) is 0 Å². The molecule has 0 aliphatic rings. The Bertz CT molecular complexity index is 510. The van der Waals surface area contributed by atoms with Crippen molar-refractivity contribution in [3.63, 3.8) is 0 Å². The highest BCUT2D eigenvalue weighted by atomic mass is 79.9. The number of ether oxygens (including phenoxy) is 1. The Morgan fingerprint density at radius 1 is 1.41 bits per heavy atom. The third-order valence-electron chi connectivity index (χ3n) is 2.49. The molecular formula is C12H14BrN3O. The van der Waals surface area contributed by atoms with E-state index in [1.807, 2.05) is 24.3 Å². The Labute approximate surface area is 108 Å². The molecule has 17 heavy (non-hydrogen) atoms. The number of nitrogens with zero attached hydrogens (tertiary/aromatic N) is 1. The molecule has 2 aromatic rings. The fourth-order valence-corrected chi connectivity index (χ4v) is 2.16. The van der Waals surface area contributed by atoms with E-state index in [1.54, 1.807) is 7.11 Å². The minimum atomic E-state index is 0.619. The van der Waals surface area contributed by atoms with Crippen molar-refractivity contribution in [2.24, 2.45) is 5.73 Å². The number of aromatic nitrogens is 2. The minimum absolute atomic E-state index is 0.619. The van der Waals surface area contributed by atoms with Crippen molar-refractivity contribution in [2.45, 2.75) is 6.42 Å². The average Bonchev–Trinajstić information content (AvgIpc) is 2.78. The highest BCUT2D eigenvalue weighted by Gasteiger charge is 2.06. The third kappa shape index (κ3) is 2.68. The molecule has 0 fully saturated rings. The molecule has 0 amide bonds. The second-order valence-electron chi connectivity index (χ2n) is 3.67. The summed E-state index contributed by atoms with van der Waals surface area (Å²) < 4.78 is 6.11. The van der Waals surface area contributed by atoms with E-state index in [-0.39, 0.29) is 0 Å². The minimum Gasteiger partial charge on any atom is -0.496 e. The number of methoxy groups -OCH3 is 1. The molecular weight excluding hydrogens is 282 g/mol. The molecule has 4 nitrogen and oxygen atoms in total. The monoisotopic (exact) mass is 295 g/mol. The molecule has 0 spiro atoms. The Hall–Kier alpha value is -1.33. The molecule has 0 unspecified atom stereocenters. The molecule has 0 saturated carbocycles. The van der Waals surface area contributed by atoms with Crippen molar-refractivity contribution < 1.29 is 4.74 Å². The SMILES string of the molecule is COc1ccc(-c2cc(CCN)[nH]n2)cc1Br. The Morgan fingerprint density at radius 2 is 2.24 bits per heavy atom. The van der Waals surface area contributed by atoms with Crippen molar-refractivity contribution in [1.29, 1.82) is 0 Å². The fraction of sp³-hybridized carbons (Fsp3) is 0.250. The van der Waals surface area contributed by atoms with Crippen LogP contribution in [0.3, 0.4) is 0 Å². The van der Waals surface area contributed by atoms with Crippen LogP contribution in [0.1, 0.15) is 5.69 Å². The number of hydrogen-bond donors (Lipinski definition) is 2. The van der Waals surface area contributed by atoms with Crippen LogP contribution in [0, 0.1) is 0 Å². The predicted molar refractivity (Wildman–Crippen MR) is 71.0 cm³/mol. The van der Waals surface area contributed by atoms with Crippen molar-refractivity contribution in [1.82, 2.24) is 10.2 Å². The first-order valence-corrected chi connectivity index (χ1v) is 6.12. The molecule has 90 valence electrons. The average molecular weight is 296 g/mol. The lowest BCUT2D eigenvalue weighted by Crippen LogP contribution is -2.02. The van der Waals surface area contributed by atoms with Crippen molar-refractivity contribution in [3.8, 4) is 17.0 Å². The van der Waals surface area contributed by atoms with E-state index in [0.717, 1.165) is 33.6 Å². The van der Waals surface area contributed by atoms with Gasteiger partial charge in [0.2, 0.25) is 0 Å². The van der Waals surface area contributed by atoms with Crippen molar-refractivity contribution in [3.05, 3.63) is 34.4 Å². The van der Waals surface area contributed by atoms with Gasteiger partial charge in [-0.25, -0.2) is 0 Å². The van der Waals surface area contributed by atoms with Gasteiger partial charge in [-0.3, -0.25) is 5.10 Å². The van der Waals surface area contributed by atoms with E-state index < -0.39 is 0 Å². The summed E-state index contributed by atoms with van der Waals surface area (Å²) in [6.07, 6.45) is 0.810. The smallest absolute Gasteiger partial charge is 0.133 e. The van der Waals surface area contributed by atoms with Crippen molar-refractivity contribution >= 4 is 15.9 Å². The summed E-state index contributed by atoms with van der Waals surface area (Å²) in [7, 11) is 1.65. The van der Waals surface area contributed by atoms with Gasteiger partial charge in [-0.1, -0.05) is 0 Å². The zero-order valence-corrected chi connectivity index (χ0v) is 11.1. The van der Waals surface area contributed by atoms with E-state index in [1.165, 1.54) is 0 Å². The predicted octanol–water partition coefficient (Wildman–Crippen LogP) is 2.35. The number of benzene rings is 1. The molecule has 0 saturated heterocycles. The van der Waals surface area contributed by atoms with Gasteiger partial charge < -0.3 is 10.5 Å². The molecule has 3 N–H and O–H groups in total. The fourth-order valence-electron chi connectivity index (χ4n) is 1.62. The first-order valence-electron chi connectivity index (χ1n) is 5.33. The van der Waals surface area contributed by atoms with Crippen LogP contribution >= 0.6 is 15.9 Å². The highest BCUT2D eigenvalue weighted by Crippen LogP contribution is 2.29. The van der Waals surface area contributed by atoms with Crippen LogP contribution in [0.15, 0.2) is 28.7 Å². The summed E-state index contributed by atoms with van der Waals surface area (Å²) >= 11 is 3.46. The summed E-state index contributed by atoms with van der Waals surface area (Å²) in [5, 5.41) is 7.24. The second-order valence-corrected chi connectivity index (χ2v) is 4.52. The number of H-pyrrole nitrogens is 1. The quantitative estimate of drug-likeness (QED) is 0.910. The number of aromatic amines is 1. The summed E-state index contributed by atoms with van der Waals surface area (Å²) in [5.74, 6) is 0.812. The summed E-state index contributed by atoms with van der Waals surface area (Å²) in [6, 6.07) is 7.89. The first-order chi connectivity index (χ1) is 8.24. The van der Waals surface area contributed by atoms with E-state index in [9.17, 15) is 0 Å². The third-order valence-corrected chi connectivity index (χ3v) is 3.11. The largest absolute Gasteiger partial charge is 0.496 e. The van der Waals surface area contributed by atoms with Crippen LogP contribution < -0.4 is 10.5 Å². The highest BCUT2D eigenvalue weighted by molar-refractivity contribution is 9.10.